The summed E-state index contributed by atoms with van der Waals surface area (Å²) >= 11 is 0. The summed E-state index contributed by atoms with van der Waals surface area (Å²) in [6.07, 6.45) is 1.91. The molecule has 0 fully saturated rings. The Kier molecular flexibility index (Phi) is 3.14. The van der Waals surface area contributed by atoms with Crippen molar-refractivity contribution >= 4 is 16.7 Å². The van der Waals surface area contributed by atoms with Crippen molar-refractivity contribution in [2.75, 3.05) is 5.32 Å². The number of nitrogens with one attached hydrogen (secondary N) is 1. The van der Waals surface area contributed by atoms with E-state index in [0.29, 0.717) is 0 Å². The van der Waals surface area contributed by atoms with Gasteiger partial charge in [-0.3, -0.25) is 4.68 Å². The maximum atomic E-state index is 4.49. The Morgan fingerprint density at radius 3 is 2.65 bits per heavy atom. The van der Waals surface area contributed by atoms with Crippen LogP contribution in [0.2, 0.25) is 0 Å². The molecular weight excluding hydrogens is 248 g/mol. The van der Waals surface area contributed by atoms with Crippen molar-refractivity contribution in [3.63, 3.8) is 0 Å². The number of fused-ring (bicyclic) bond motifs is 1. The Hall–Kier alpha value is -2.36. The fraction of sp³-hybridized carbons (Fsp3) is 0.250. The summed E-state index contributed by atoms with van der Waals surface area (Å²) in [5.74, 6) is 0. The molecule has 2 heterocycles. The van der Waals surface area contributed by atoms with Gasteiger partial charge in [-0.2, -0.15) is 5.10 Å². The van der Waals surface area contributed by atoms with Crippen LogP contribution in [0.1, 0.15) is 16.8 Å². The van der Waals surface area contributed by atoms with Crippen LogP contribution in [0.3, 0.4) is 0 Å². The van der Waals surface area contributed by atoms with Crippen molar-refractivity contribution in [3.05, 3.63) is 53.3 Å². The molecule has 0 spiro atoms. The molecule has 102 valence electrons. The smallest absolute Gasteiger partial charge is 0.157 e. The standard InChI is InChI=1S/C16H18N4/c1-11-4-6-14(7-5-11)17-9-13-8-15-12(2)19-20(3)16(15)18-10-13/h4-8,10,17H,9H2,1-3H3. The van der Waals surface area contributed by atoms with Gasteiger partial charge in [0, 0.05) is 30.9 Å². The van der Waals surface area contributed by atoms with Crippen LogP contribution < -0.4 is 5.32 Å². The summed E-state index contributed by atoms with van der Waals surface area (Å²) in [6, 6.07) is 10.6. The Bertz CT molecular complexity index is 741. The number of nitrogens with zero attached hydrogens (tertiary/aromatic N) is 3. The lowest BCUT2D eigenvalue weighted by atomic mass is 10.2. The largest absolute Gasteiger partial charge is 0.381 e. The lowest BCUT2D eigenvalue weighted by Crippen LogP contribution is -2.00. The minimum absolute atomic E-state index is 0.764. The average molecular weight is 266 g/mol. The highest BCUT2D eigenvalue weighted by Gasteiger charge is 2.06. The first-order valence-corrected chi connectivity index (χ1v) is 6.72. The summed E-state index contributed by atoms with van der Waals surface area (Å²) in [7, 11) is 1.92. The molecule has 0 aliphatic carbocycles. The number of anilines is 1. The number of pyridine rings is 1. The molecule has 3 aromatic rings. The molecular formula is C16H18N4. The van der Waals surface area contributed by atoms with Gasteiger partial charge in [0.1, 0.15) is 0 Å². The van der Waals surface area contributed by atoms with E-state index in [-0.39, 0.29) is 0 Å². The maximum Gasteiger partial charge on any atom is 0.157 e. The van der Waals surface area contributed by atoms with Gasteiger partial charge >= 0.3 is 0 Å². The SMILES string of the molecule is Cc1ccc(NCc2cnc3c(c2)c(C)nn3C)cc1. The third kappa shape index (κ3) is 2.37. The Balaban J connectivity index is 1.80. The van der Waals surface area contributed by atoms with Gasteiger partial charge in [-0.25, -0.2) is 4.98 Å². The van der Waals surface area contributed by atoms with E-state index in [1.54, 1.807) is 0 Å². The number of hydrogen-bond donors (Lipinski definition) is 1. The van der Waals surface area contributed by atoms with E-state index in [4.69, 9.17) is 0 Å². The van der Waals surface area contributed by atoms with E-state index in [1.807, 2.05) is 24.9 Å². The molecule has 0 bridgehead atoms. The third-order valence-electron chi connectivity index (χ3n) is 3.47. The number of aromatic nitrogens is 3. The first-order chi connectivity index (χ1) is 9.63. The maximum absolute atomic E-state index is 4.49. The Morgan fingerprint density at radius 2 is 1.90 bits per heavy atom. The number of aryl methyl sites for hydroxylation is 3. The summed E-state index contributed by atoms with van der Waals surface area (Å²) in [5, 5.41) is 8.93. The fourth-order valence-corrected chi connectivity index (χ4v) is 2.32. The summed E-state index contributed by atoms with van der Waals surface area (Å²) < 4.78 is 1.82. The zero-order chi connectivity index (χ0) is 14.1. The molecule has 1 aromatic carbocycles. The van der Waals surface area contributed by atoms with Gasteiger partial charge < -0.3 is 5.32 Å². The highest BCUT2D eigenvalue weighted by Crippen LogP contribution is 2.17. The summed E-state index contributed by atoms with van der Waals surface area (Å²) in [6.45, 7) is 4.87. The van der Waals surface area contributed by atoms with Crippen LogP contribution in [0.15, 0.2) is 36.5 Å². The molecule has 0 saturated heterocycles. The molecule has 0 amide bonds. The van der Waals surface area contributed by atoms with Crippen LogP contribution in [-0.4, -0.2) is 14.8 Å². The molecule has 2 aromatic heterocycles. The summed E-state index contributed by atoms with van der Waals surface area (Å²) in [5.41, 5.74) is 5.51. The van der Waals surface area contributed by atoms with E-state index in [9.17, 15) is 0 Å². The molecule has 0 unspecified atom stereocenters. The minimum atomic E-state index is 0.764. The molecule has 1 N–H and O–H groups in total. The van der Waals surface area contributed by atoms with E-state index in [0.717, 1.165) is 34.5 Å². The normalized spacial score (nSPS) is 10.9. The number of hydrogen-bond acceptors (Lipinski definition) is 3. The first kappa shape index (κ1) is 12.7. The van der Waals surface area contributed by atoms with E-state index >= 15 is 0 Å². The third-order valence-corrected chi connectivity index (χ3v) is 3.47. The number of rotatable bonds is 3. The molecule has 0 atom stereocenters. The van der Waals surface area contributed by atoms with Gasteiger partial charge in [-0.15, -0.1) is 0 Å². The minimum Gasteiger partial charge on any atom is -0.381 e. The predicted molar refractivity (Wildman–Crippen MR) is 81.8 cm³/mol. The summed E-state index contributed by atoms with van der Waals surface area (Å²) in [4.78, 5) is 4.49. The van der Waals surface area contributed by atoms with Gasteiger partial charge in [0.05, 0.1) is 5.69 Å². The molecule has 0 aliphatic rings. The quantitative estimate of drug-likeness (QED) is 0.791. The van der Waals surface area contributed by atoms with Gasteiger partial charge in [0.15, 0.2) is 5.65 Å². The molecule has 0 aliphatic heterocycles. The van der Waals surface area contributed by atoms with Crippen molar-refractivity contribution in [2.45, 2.75) is 20.4 Å². The van der Waals surface area contributed by atoms with Gasteiger partial charge in [-0.05, 0) is 37.6 Å². The second-order valence-corrected chi connectivity index (χ2v) is 5.14. The van der Waals surface area contributed by atoms with Crippen LogP contribution in [0.4, 0.5) is 5.69 Å². The second kappa shape index (κ2) is 4.96. The monoisotopic (exact) mass is 266 g/mol. The van der Waals surface area contributed by atoms with E-state index < -0.39 is 0 Å². The zero-order valence-corrected chi connectivity index (χ0v) is 12.0. The van der Waals surface area contributed by atoms with Crippen molar-refractivity contribution in [1.29, 1.82) is 0 Å². The average Bonchev–Trinajstić information content (AvgIpc) is 2.73. The van der Waals surface area contributed by atoms with E-state index in [2.05, 4.69) is 52.7 Å². The van der Waals surface area contributed by atoms with Crippen molar-refractivity contribution in [1.82, 2.24) is 14.8 Å². The molecule has 20 heavy (non-hydrogen) atoms. The van der Waals surface area contributed by atoms with Gasteiger partial charge in [0.2, 0.25) is 0 Å². The predicted octanol–water partition coefficient (Wildman–Crippen LogP) is 3.20. The molecule has 0 radical (unpaired) electrons. The Labute approximate surface area is 118 Å². The van der Waals surface area contributed by atoms with Crippen molar-refractivity contribution in [3.8, 4) is 0 Å². The van der Waals surface area contributed by atoms with Crippen LogP contribution >= 0.6 is 0 Å². The second-order valence-electron chi connectivity index (χ2n) is 5.14. The highest BCUT2D eigenvalue weighted by atomic mass is 15.3. The topological polar surface area (TPSA) is 42.7 Å². The van der Waals surface area contributed by atoms with Crippen LogP contribution in [0.25, 0.3) is 11.0 Å². The molecule has 4 heteroatoms. The lowest BCUT2D eigenvalue weighted by Gasteiger charge is -2.07. The lowest BCUT2D eigenvalue weighted by molar-refractivity contribution is 0.773. The first-order valence-electron chi connectivity index (χ1n) is 6.72. The van der Waals surface area contributed by atoms with Gasteiger partial charge in [0.25, 0.3) is 0 Å². The fourth-order valence-electron chi connectivity index (χ4n) is 2.32. The van der Waals surface area contributed by atoms with E-state index in [1.165, 1.54) is 5.56 Å². The van der Waals surface area contributed by atoms with Crippen LogP contribution in [0, 0.1) is 13.8 Å². The highest BCUT2D eigenvalue weighted by molar-refractivity contribution is 5.78. The van der Waals surface area contributed by atoms with Crippen LogP contribution in [0.5, 0.6) is 0 Å². The van der Waals surface area contributed by atoms with Crippen molar-refractivity contribution in [2.24, 2.45) is 7.05 Å². The van der Waals surface area contributed by atoms with Gasteiger partial charge in [-0.1, -0.05) is 17.7 Å². The molecule has 4 nitrogen and oxygen atoms in total. The van der Waals surface area contributed by atoms with Crippen LogP contribution in [-0.2, 0) is 13.6 Å². The zero-order valence-electron chi connectivity index (χ0n) is 12.0. The molecule has 3 rings (SSSR count). The number of benzene rings is 1. The van der Waals surface area contributed by atoms with Crippen molar-refractivity contribution < 1.29 is 0 Å². The molecule has 0 saturated carbocycles. The Morgan fingerprint density at radius 1 is 1.15 bits per heavy atom.